The molecule has 0 radical (unpaired) electrons. The molecular weight excluding hydrogens is 313 g/mol. The SMILES string of the molecule is Cc1cc(C)c(CCN=C(N)N)c(C)c1.I. The molecule has 0 aromatic heterocycles. The van der Waals surface area contributed by atoms with E-state index in [2.05, 4.69) is 37.9 Å². The maximum atomic E-state index is 5.28. The van der Waals surface area contributed by atoms with Gasteiger partial charge < -0.3 is 11.5 Å². The van der Waals surface area contributed by atoms with Crippen molar-refractivity contribution in [3.63, 3.8) is 0 Å². The number of aliphatic imine (C=N–C) groups is 1. The minimum absolute atomic E-state index is 0. The molecule has 0 aliphatic heterocycles. The Balaban J connectivity index is 0.00000225. The summed E-state index contributed by atoms with van der Waals surface area (Å²) in [6, 6.07) is 4.38. The number of halogens is 1. The largest absolute Gasteiger partial charge is 0.370 e. The highest BCUT2D eigenvalue weighted by molar-refractivity contribution is 14.0. The summed E-state index contributed by atoms with van der Waals surface area (Å²) in [5.74, 6) is 0.164. The van der Waals surface area contributed by atoms with Crippen molar-refractivity contribution in [2.24, 2.45) is 16.5 Å². The van der Waals surface area contributed by atoms with Gasteiger partial charge in [-0.25, -0.2) is 0 Å². The number of hydrogen-bond acceptors (Lipinski definition) is 1. The third-order valence-corrected chi connectivity index (χ3v) is 2.50. The predicted octanol–water partition coefficient (Wildman–Crippen LogP) is 2.05. The van der Waals surface area contributed by atoms with E-state index in [0.29, 0.717) is 6.54 Å². The maximum Gasteiger partial charge on any atom is 0.185 e. The van der Waals surface area contributed by atoms with Crippen LogP contribution in [0.2, 0.25) is 0 Å². The van der Waals surface area contributed by atoms with Crippen LogP contribution >= 0.6 is 24.0 Å². The summed E-state index contributed by atoms with van der Waals surface area (Å²) in [5.41, 5.74) is 15.9. The van der Waals surface area contributed by atoms with Crippen molar-refractivity contribution >= 4 is 29.9 Å². The van der Waals surface area contributed by atoms with Crippen molar-refractivity contribution < 1.29 is 0 Å². The molecule has 1 aromatic carbocycles. The number of rotatable bonds is 3. The van der Waals surface area contributed by atoms with Crippen LogP contribution in [-0.4, -0.2) is 12.5 Å². The molecule has 0 aliphatic rings. The molecule has 0 spiro atoms. The van der Waals surface area contributed by atoms with Crippen LogP contribution in [0.25, 0.3) is 0 Å². The molecule has 4 N–H and O–H groups in total. The number of nitrogens with two attached hydrogens (primary N) is 2. The predicted molar refractivity (Wildman–Crippen MR) is 80.4 cm³/mol. The van der Waals surface area contributed by atoms with Crippen LogP contribution in [0.5, 0.6) is 0 Å². The topological polar surface area (TPSA) is 64.4 Å². The smallest absolute Gasteiger partial charge is 0.185 e. The lowest BCUT2D eigenvalue weighted by molar-refractivity contribution is 0.940. The highest BCUT2D eigenvalue weighted by Gasteiger charge is 2.02. The van der Waals surface area contributed by atoms with E-state index in [1.807, 2.05) is 0 Å². The zero-order chi connectivity index (χ0) is 11.4. The van der Waals surface area contributed by atoms with Gasteiger partial charge in [0.2, 0.25) is 0 Å². The van der Waals surface area contributed by atoms with Crippen LogP contribution in [0, 0.1) is 20.8 Å². The molecule has 3 nitrogen and oxygen atoms in total. The van der Waals surface area contributed by atoms with Crippen molar-refractivity contribution in [1.29, 1.82) is 0 Å². The fraction of sp³-hybridized carbons (Fsp3) is 0.417. The fourth-order valence-corrected chi connectivity index (χ4v) is 1.90. The minimum Gasteiger partial charge on any atom is -0.370 e. The van der Waals surface area contributed by atoms with Crippen molar-refractivity contribution in [2.45, 2.75) is 27.2 Å². The molecule has 0 bridgehead atoms. The number of guanidine groups is 1. The molecule has 0 unspecified atom stereocenters. The Hall–Kier alpha value is -0.780. The second-order valence-electron chi connectivity index (χ2n) is 3.93. The summed E-state index contributed by atoms with van der Waals surface area (Å²) in [6.45, 7) is 7.03. The lowest BCUT2D eigenvalue weighted by Gasteiger charge is -2.09. The highest BCUT2D eigenvalue weighted by Crippen LogP contribution is 2.16. The Morgan fingerprint density at radius 2 is 1.62 bits per heavy atom. The van der Waals surface area contributed by atoms with Gasteiger partial charge in [0.1, 0.15) is 0 Å². The number of nitrogens with zero attached hydrogens (tertiary/aromatic N) is 1. The van der Waals surface area contributed by atoms with E-state index in [1.165, 1.54) is 22.3 Å². The van der Waals surface area contributed by atoms with E-state index in [-0.39, 0.29) is 29.9 Å². The molecule has 0 saturated heterocycles. The third kappa shape index (κ3) is 4.38. The molecule has 16 heavy (non-hydrogen) atoms. The molecular formula is C12H20IN3. The molecule has 0 heterocycles. The maximum absolute atomic E-state index is 5.28. The van der Waals surface area contributed by atoms with Gasteiger partial charge in [-0.1, -0.05) is 17.7 Å². The van der Waals surface area contributed by atoms with E-state index < -0.39 is 0 Å². The first-order valence-electron chi connectivity index (χ1n) is 5.13. The Morgan fingerprint density at radius 3 is 2.06 bits per heavy atom. The summed E-state index contributed by atoms with van der Waals surface area (Å²) in [4.78, 5) is 4.00. The van der Waals surface area contributed by atoms with Crippen LogP contribution in [0.1, 0.15) is 22.3 Å². The highest BCUT2D eigenvalue weighted by atomic mass is 127. The lowest BCUT2D eigenvalue weighted by Crippen LogP contribution is -2.23. The Morgan fingerprint density at radius 1 is 1.12 bits per heavy atom. The molecule has 1 aromatic rings. The van der Waals surface area contributed by atoms with E-state index in [0.717, 1.165) is 6.42 Å². The normalized spacial score (nSPS) is 9.44. The molecule has 0 amide bonds. The Labute approximate surface area is 114 Å². The van der Waals surface area contributed by atoms with Gasteiger partial charge >= 0.3 is 0 Å². The second-order valence-corrected chi connectivity index (χ2v) is 3.93. The van der Waals surface area contributed by atoms with Gasteiger partial charge in [0, 0.05) is 6.54 Å². The molecule has 0 aliphatic carbocycles. The molecule has 4 heteroatoms. The first-order chi connectivity index (χ1) is 7.00. The molecule has 90 valence electrons. The van der Waals surface area contributed by atoms with Crippen molar-refractivity contribution in [3.8, 4) is 0 Å². The molecule has 0 saturated carbocycles. The lowest BCUT2D eigenvalue weighted by atomic mass is 9.97. The minimum atomic E-state index is 0. The van der Waals surface area contributed by atoms with Crippen LogP contribution in [0.15, 0.2) is 17.1 Å². The summed E-state index contributed by atoms with van der Waals surface area (Å²) >= 11 is 0. The monoisotopic (exact) mass is 333 g/mol. The summed E-state index contributed by atoms with van der Waals surface area (Å²) in [5, 5.41) is 0. The van der Waals surface area contributed by atoms with Crippen LogP contribution < -0.4 is 11.5 Å². The number of benzene rings is 1. The van der Waals surface area contributed by atoms with Gasteiger partial charge in [-0.05, 0) is 43.9 Å². The number of aryl methyl sites for hydroxylation is 3. The zero-order valence-corrected chi connectivity index (χ0v) is 12.4. The van der Waals surface area contributed by atoms with E-state index in [9.17, 15) is 0 Å². The van der Waals surface area contributed by atoms with Gasteiger partial charge in [-0.15, -0.1) is 24.0 Å². The third-order valence-electron chi connectivity index (χ3n) is 2.50. The second kappa shape index (κ2) is 6.73. The summed E-state index contributed by atoms with van der Waals surface area (Å²) in [7, 11) is 0. The van der Waals surface area contributed by atoms with E-state index in [1.54, 1.807) is 0 Å². The number of hydrogen-bond donors (Lipinski definition) is 2. The van der Waals surface area contributed by atoms with Gasteiger partial charge in [-0.2, -0.15) is 0 Å². The molecule has 0 atom stereocenters. The quantitative estimate of drug-likeness (QED) is 0.505. The molecule has 1 rings (SSSR count). The summed E-state index contributed by atoms with van der Waals surface area (Å²) in [6.07, 6.45) is 0.899. The van der Waals surface area contributed by atoms with Crippen molar-refractivity contribution in [1.82, 2.24) is 0 Å². The van der Waals surface area contributed by atoms with Crippen LogP contribution in [0.3, 0.4) is 0 Å². The standard InChI is InChI=1S/C12H19N3.HI/c1-8-6-9(2)11(10(3)7-8)4-5-15-12(13)14;/h6-7H,4-5H2,1-3H3,(H4,13,14,15);1H. The van der Waals surface area contributed by atoms with Gasteiger partial charge in [0.05, 0.1) is 0 Å². The average molecular weight is 333 g/mol. The van der Waals surface area contributed by atoms with Crippen LogP contribution in [-0.2, 0) is 6.42 Å². The van der Waals surface area contributed by atoms with Gasteiger partial charge in [-0.3, -0.25) is 4.99 Å². The Bertz CT molecular complexity index is 359. The van der Waals surface area contributed by atoms with E-state index >= 15 is 0 Å². The van der Waals surface area contributed by atoms with Gasteiger partial charge in [0.15, 0.2) is 5.96 Å². The van der Waals surface area contributed by atoms with Crippen molar-refractivity contribution in [3.05, 3.63) is 34.4 Å². The van der Waals surface area contributed by atoms with E-state index in [4.69, 9.17) is 11.5 Å². The first-order valence-corrected chi connectivity index (χ1v) is 5.13. The van der Waals surface area contributed by atoms with Crippen LogP contribution in [0.4, 0.5) is 0 Å². The Kier molecular flexibility index (Phi) is 6.40. The summed E-state index contributed by atoms with van der Waals surface area (Å²) < 4.78 is 0. The zero-order valence-electron chi connectivity index (χ0n) is 10.1. The fourth-order valence-electron chi connectivity index (χ4n) is 1.90. The van der Waals surface area contributed by atoms with Crippen molar-refractivity contribution in [2.75, 3.05) is 6.54 Å². The molecule has 0 fully saturated rings. The first kappa shape index (κ1) is 15.2. The average Bonchev–Trinajstić information content (AvgIpc) is 2.08. The van der Waals surface area contributed by atoms with Gasteiger partial charge in [0.25, 0.3) is 0 Å².